The molecule has 4 nitrogen and oxygen atoms in total. The van der Waals surface area contributed by atoms with Gasteiger partial charge in [0.25, 0.3) is 0 Å². The molecule has 0 unspecified atom stereocenters. The zero-order valence-corrected chi connectivity index (χ0v) is 14.7. The fourth-order valence-corrected chi connectivity index (χ4v) is 6.57. The summed E-state index contributed by atoms with van der Waals surface area (Å²) >= 11 is 0. The van der Waals surface area contributed by atoms with Crippen LogP contribution in [-0.4, -0.2) is 17.8 Å². The number of rotatable bonds is 3. The monoisotopic (exact) mass is 338 g/mol. The molecule has 0 radical (unpaired) electrons. The highest BCUT2D eigenvalue weighted by atomic mass is 16.5. The molecule has 0 aliphatic heterocycles. The Hall–Kier alpha value is -1.97. The van der Waals surface area contributed by atoms with Gasteiger partial charge in [-0.15, -0.1) is 0 Å². The Balaban J connectivity index is 1.54. The van der Waals surface area contributed by atoms with Crippen LogP contribution in [0, 0.1) is 28.4 Å². The fourth-order valence-electron chi connectivity index (χ4n) is 6.57. The number of nitrogens with zero attached hydrogens (tertiary/aromatic N) is 1. The van der Waals surface area contributed by atoms with E-state index in [1.54, 1.807) is 6.07 Å². The summed E-state index contributed by atoms with van der Waals surface area (Å²) in [5, 5.41) is 13.8. The molecule has 0 saturated heterocycles. The van der Waals surface area contributed by atoms with E-state index in [0.29, 0.717) is 16.5 Å². The lowest BCUT2D eigenvalue weighted by Crippen LogP contribution is -2.47. The number of benzene rings is 1. The summed E-state index contributed by atoms with van der Waals surface area (Å²) in [6.45, 7) is 0. The Morgan fingerprint density at radius 1 is 1.20 bits per heavy atom. The van der Waals surface area contributed by atoms with Crippen molar-refractivity contribution in [2.75, 3.05) is 7.11 Å². The van der Waals surface area contributed by atoms with Crippen LogP contribution in [0.1, 0.15) is 54.6 Å². The normalized spacial score (nSPS) is 33.1. The second-order valence-corrected chi connectivity index (χ2v) is 8.76. The van der Waals surface area contributed by atoms with Crippen molar-refractivity contribution in [2.24, 2.45) is 23.2 Å². The Morgan fingerprint density at radius 3 is 2.44 bits per heavy atom. The summed E-state index contributed by atoms with van der Waals surface area (Å²) < 4.78 is 5.85. The largest absolute Gasteiger partial charge is 0.805 e. The molecular weight excluding hydrogens is 314 g/mol. The summed E-state index contributed by atoms with van der Waals surface area (Å²) in [6, 6.07) is 7.41. The minimum Gasteiger partial charge on any atom is -0.805 e. The van der Waals surface area contributed by atoms with Crippen molar-refractivity contribution < 1.29 is 9.53 Å². The van der Waals surface area contributed by atoms with Crippen molar-refractivity contribution in [1.82, 2.24) is 4.73 Å². The molecule has 25 heavy (non-hydrogen) atoms. The van der Waals surface area contributed by atoms with Crippen molar-refractivity contribution in [1.29, 1.82) is 0 Å². The van der Waals surface area contributed by atoms with Crippen LogP contribution >= 0.6 is 0 Å². The van der Waals surface area contributed by atoms with Gasteiger partial charge >= 0.3 is 5.97 Å². The third-order valence-corrected chi connectivity index (χ3v) is 6.98. The molecule has 0 amide bonds. The molecule has 0 spiro atoms. The second kappa shape index (κ2) is 5.26. The lowest BCUT2D eigenvalue weighted by molar-refractivity contribution is -0.0528. The summed E-state index contributed by atoms with van der Waals surface area (Å²) in [5.41, 5.74) is 1.98. The van der Waals surface area contributed by atoms with Crippen molar-refractivity contribution in [2.45, 2.75) is 44.9 Å². The van der Waals surface area contributed by atoms with E-state index in [2.05, 4.69) is 0 Å². The highest BCUT2D eigenvalue weighted by Crippen LogP contribution is 2.61. The lowest BCUT2D eigenvalue weighted by atomic mass is 9.48. The maximum atomic E-state index is 13.0. The molecule has 0 N–H and O–H groups in total. The Kier molecular flexibility index (Phi) is 3.22. The minimum absolute atomic E-state index is 0.316. The number of aromatic nitrogens is 1. The first-order valence-electron chi connectivity index (χ1n) is 9.46. The number of para-hydroxylation sites is 1. The number of methoxy groups -OCH3 is 1. The Labute approximate surface area is 147 Å². The molecule has 4 aliphatic rings. The Morgan fingerprint density at radius 2 is 1.84 bits per heavy atom. The quantitative estimate of drug-likeness (QED) is 0.773. The van der Waals surface area contributed by atoms with E-state index in [0.717, 1.165) is 40.0 Å². The summed E-state index contributed by atoms with van der Waals surface area (Å²) in [5.74, 6) is 2.19. The van der Waals surface area contributed by atoms with Crippen molar-refractivity contribution in [3.05, 3.63) is 40.7 Å². The van der Waals surface area contributed by atoms with E-state index in [1.165, 1.54) is 45.6 Å². The maximum absolute atomic E-state index is 13.0. The molecule has 4 aliphatic carbocycles. The van der Waals surface area contributed by atoms with Crippen molar-refractivity contribution >= 4 is 16.9 Å². The van der Waals surface area contributed by atoms with Gasteiger partial charge in [-0.05, 0) is 80.2 Å². The first-order valence-corrected chi connectivity index (χ1v) is 9.46. The van der Waals surface area contributed by atoms with Crippen LogP contribution in [0.15, 0.2) is 24.3 Å². The van der Waals surface area contributed by atoms with E-state index in [-0.39, 0.29) is 0 Å². The molecule has 4 fully saturated rings. The van der Waals surface area contributed by atoms with Crippen LogP contribution in [0.2, 0.25) is 0 Å². The second-order valence-electron chi connectivity index (χ2n) is 8.76. The van der Waals surface area contributed by atoms with Gasteiger partial charge in [0.15, 0.2) is 0 Å². The molecular formula is C21H24NO3-. The van der Waals surface area contributed by atoms with Crippen LogP contribution in [0.25, 0.3) is 10.9 Å². The number of carbonyl (C=O) groups excluding carboxylic acids is 1. The maximum Gasteiger partial charge on any atom is 0.339 e. The van der Waals surface area contributed by atoms with E-state index >= 15 is 0 Å². The fraction of sp³-hybridized carbons (Fsp3) is 0.571. The van der Waals surface area contributed by atoms with Gasteiger partial charge in [-0.1, -0.05) is 12.1 Å². The number of ether oxygens (including phenoxy) is 1. The third-order valence-electron chi connectivity index (χ3n) is 6.98. The molecule has 132 valence electrons. The molecule has 0 atom stereocenters. The zero-order valence-electron chi connectivity index (χ0n) is 14.7. The number of fused-ring (bicyclic) bond motifs is 1. The smallest absolute Gasteiger partial charge is 0.339 e. The van der Waals surface area contributed by atoms with Crippen LogP contribution in [0.3, 0.4) is 0 Å². The van der Waals surface area contributed by atoms with E-state index in [1.807, 2.05) is 18.2 Å². The van der Waals surface area contributed by atoms with Gasteiger partial charge in [0.05, 0.1) is 18.2 Å². The predicted octanol–water partition coefficient (Wildman–Crippen LogP) is 4.53. The van der Waals surface area contributed by atoms with Gasteiger partial charge in [0.1, 0.15) is 0 Å². The molecule has 2 aromatic rings. The first-order chi connectivity index (χ1) is 12.1. The minimum atomic E-state index is -0.442. The van der Waals surface area contributed by atoms with Crippen molar-refractivity contribution in [3.8, 4) is 0 Å². The average Bonchev–Trinajstić information content (AvgIpc) is 2.88. The average molecular weight is 338 g/mol. The molecule has 1 heterocycles. The standard InChI is InChI=1S/C21H24NO3/c1-25-20(23)18-4-2-3-16-8-17(22(24)19(16)18)12-21-9-13-5-14(10-21)7-15(6-13)11-21/h2-4,8,13-15H,5-7,9-12H2,1H3/q-1. The molecule has 1 aromatic heterocycles. The van der Waals surface area contributed by atoms with Gasteiger partial charge in [-0.3, -0.25) is 0 Å². The lowest BCUT2D eigenvalue weighted by Gasteiger charge is -2.57. The van der Waals surface area contributed by atoms with Crippen molar-refractivity contribution in [3.63, 3.8) is 0 Å². The van der Waals surface area contributed by atoms with Gasteiger partial charge in [-0.2, -0.15) is 0 Å². The number of hydrogen-bond acceptors (Lipinski definition) is 3. The van der Waals surface area contributed by atoms with Gasteiger partial charge in [0.2, 0.25) is 0 Å². The molecule has 4 bridgehead atoms. The highest BCUT2D eigenvalue weighted by Gasteiger charge is 2.50. The van der Waals surface area contributed by atoms with Crippen LogP contribution in [0.5, 0.6) is 0 Å². The number of carbonyl (C=O) groups is 1. The number of esters is 1. The molecule has 1 aromatic carbocycles. The van der Waals surface area contributed by atoms with E-state index in [9.17, 15) is 10.0 Å². The zero-order chi connectivity index (χ0) is 17.2. The van der Waals surface area contributed by atoms with Gasteiger partial charge in [0, 0.05) is 11.1 Å². The van der Waals surface area contributed by atoms with Gasteiger partial charge in [-0.25, -0.2) is 4.79 Å². The van der Waals surface area contributed by atoms with E-state index < -0.39 is 5.97 Å². The third kappa shape index (κ3) is 2.30. The molecule has 4 saturated carbocycles. The first kappa shape index (κ1) is 15.3. The number of hydrogen-bond donors (Lipinski definition) is 0. The van der Waals surface area contributed by atoms with Crippen LogP contribution in [-0.2, 0) is 11.2 Å². The van der Waals surface area contributed by atoms with Crippen LogP contribution < -0.4 is 0 Å². The summed E-state index contributed by atoms with van der Waals surface area (Å²) in [7, 11) is 1.36. The summed E-state index contributed by atoms with van der Waals surface area (Å²) in [4.78, 5) is 12.0. The van der Waals surface area contributed by atoms with Gasteiger partial charge < -0.3 is 14.7 Å². The van der Waals surface area contributed by atoms with Crippen LogP contribution in [0.4, 0.5) is 0 Å². The Bertz CT molecular complexity index is 815. The predicted molar refractivity (Wildman–Crippen MR) is 96.4 cm³/mol. The SMILES string of the molecule is COC(=O)c1cccc2cc(CC34CC5CC(CC(C5)C3)C4)n([O-])c12. The summed E-state index contributed by atoms with van der Waals surface area (Å²) in [6.07, 6.45) is 8.93. The topological polar surface area (TPSA) is 54.3 Å². The highest BCUT2D eigenvalue weighted by molar-refractivity contribution is 6.03. The molecule has 6 rings (SSSR count). The van der Waals surface area contributed by atoms with E-state index in [4.69, 9.17) is 4.74 Å². The molecule has 4 heteroatoms.